The third-order valence-electron chi connectivity index (χ3n) is 17.0. The Bertz CT molecular complexity index is 2100. The Morgan fingerprint density at radius 3 is 2.46 bits per heavy atom. The van der Waals surface area contributed by atoms with Gasteiger partial charge in [0.2, 0.25) is 0 Å². The van der Waals surface area contributed by atoms with Crippen molar-refractivity contribution in [2.45, 2.75) is 110 Å². The van der Waals surface area contributed by atoms with Gasteiger partial charge in [-0.15, -0.1) is 0 Å². The summed E-state index contributed by atoms with van der Waals surface area (Å²) in [6.45, 7) is 3.05. The van der Waals surface area contributed by atoms with Crippen molar-refractivity contribution in [1.29, 1.82) is 0 Å². The third kappa shape index (κ3) is 5.92. The quantitative estimate of drug-likeness (QED) is 0.159. The van der Waals surface area contributed by atoms with Crippen LogP contribution in [0.4, 0.5) is 0 Å². The first kappa shape index (κ1) is 38.5. The zero-order valence-corrected chi connectivity index (χ0v) is 35.9. The zero-order chi connectivity index (χ0) is 40.0. The summed E-state index contributed by atoms with van der Waals surface area (Å²) < 4.78 is 13.3. The Kier molecular flexibility index (Phi) is 9.70. The van der Waals surface area contributed by atoms with Gasteiger partial charge in [-0.25, -0.2) is 9.59 Å². The molecule has 1 saturated heterocycles. The van der Waals surface area contributed by atoms with Gasteiger partial charge in [-0.3, -0.25) is 14.5 Å². The van der Waals surface area contributed by atoms with Gasteiger partial charge in [-0.1, -0.05) is 79.5 Å². The van der Waals surface area contributed by atoms with Crippen molar-refractivity contribution in [1.82, 2.24) is 15.5 Å². The van der Waals surface area contributed by atoms with Crippen LogP contribution >= 0.6 is 21.6 Å². The highest BCUT2D eigenvalue weighted by atomic mass is 33.1. The molecule has 0 unspecified atom stereocenters. The molecule has 0 aromatic heterocycles. The Morgan fingerprint density at radius 2 is 1.66 bits per heavy atom. The predicted octanol–water partition coefficient (Wildman–Crippen LogP) is 8.70. The first-order valence-electron chi connectivity index (χ1n) is 22.9. The molecule has 0 aromatic carbocycles. The maximum Gasteiger partial charge on any atom is 0.340 e. The molecule has 0 aromatic rings. The fourth-order valence-corrected chi connectivity index (χ4v) is 16.6. The Labute approximate surface area is 355 Å². The molecular formula is C48H57N3O6S2. The predicted molar refractivity (Wildman–Crippen MR) is 228 cm³/mol. The minimum atomic E-state index is -0.815. The highest BCUT2D eigenvalue weighted by Gasteiger charge is 2.70. The number of nitrogens with one attached hydrogen (secondary N) is 2. The van der Waals surface area contributed by atoms with E-state index < -0.39 is 11.3 Å². The van der Waals surface area contributed by atoms with E-state index in [1.54, 1.807) is 0 Å². The maximum absolute atomic E-state index is 15.0. The smallest absolute Gasteiger partial charge is 0.340 e. The molecule has 7 atom stereocenters. The van der Waals surface area contributed by atoms with Crippen LogP contribution in [0.15, 0.2) is 81.2 Å². The average Bonchev–Trinajstić information content (AvgIpc) is 4.03. The highest BCUT2D eigenvalue weighted by molar-refractivity contribution is 8.76. The summed E-state index contributed by atoms with van der Waals surface area (Å²) in [5.41, 5.74) is 5.37. The molecule has 1 spiro atoms. The number of carbonyl (C=O) groups is 4. The van der Waals surface area contributed by atoms with E-state index in [0.717, 1.165) is 109 Å². The zero-order valence-electron chi connectivity index (χ0n) is 34.3. The molecule has 2 N–H and O–H groups in total. The number of ether oxygens (including phenoxy) is 2. The fourth-order valence-electron chi connectivity index (χ4n) is 14.4. The molecule has 5 heterocycles. The van der Waals surface area contributed by atoms with Gasteiger partial charge in [0.25, 0.3) is 11.8 Å². The van der Waals surface area contributed by atoms with Crippen molar-refractivity contribution in [3.05, 3.63) is 81.2 Å². The van der Waals surface area contributed by atoms with E-state index in [-0.39, 0.29) is 59.4 Å². The number of carbonyl (C=O) groups excluding carboxylic acids is 4. The molecule has 3 saturated carbocycles. The van der Waals surface area contributed by atoms with Gasteiger partial charge in [0, 0.05) is 54.0 Å². The number of amides is 2. The summed E-state index contributed by atoms with van der Waals surface area (Å²) in [5.74, 6) is 3.91. The van der Waals surface area contributed by atoms with Crippen molar-refractivity contribution >= 4 is 45.3 Å². The van der Waals surface area contributed by atoms with Crippen LogP contribution in [0.1, 0.15) is 110 Å². The molecule has 12 aliphatic rings. The van der Waals surface area contributed by atoms with E-state index in [1.165, 1.54) is 67.6 Å². The molecule has 0 radical (unpaired) electrons. The van der Waals surface area contributed by atoms with E-state index >= 15 is 4.79 Å². The van der Waals surface area contributed by atoms with Crippen LogP contribution in [0.3, 0.4) is 0 Å². The second-order valence-corrected chi connectivity index (χ2v) is 21.8. The largest absolute Gasteiger partial charge is 0.427 e. The monoisotopic (exact) mass is 835 g/mol. The van der Waals surface area contributed by atoms with E-state index in [0.29, 0.717) is 24.0 Å². The molecule has 5 aliphatic heterocycles. The highest BCUT2D eigenvalue weighted by Crippen LogP contribution is 2.73. The van der Waals surface area contributed by atoms with E-state index in [9.17, 15) is 14.4 Å². The van der Waals surface area contributed by atoms with Crippen LogP contribution in [0, 0.1) is 52.3 Å². The summed E-state index contributed by atoms with van der Waals surface area (Å²) in [5, 5.41) is 7.15. The number of allylic oxidation sites excluding steroid dienone is 5. The number of hydrogen-bond donors (Lipinski definition) is 2. The Hall–Kier alpha value is -3.44. The van der Waals surface area contributed by atoms with Crippen LogP contribution < -0.4 is 10.6 Å². The molecule has 7 bridgehead atoms. The lowest BCUT2D eigenvalue weighted by atomic mass is 9.42. The van der Waals surface area contributed by atoms with Gasteiger partial charge in [-0.2, -0.15) is 0 Å². The van der Waals surface area contributed by atoms with Crippen LogP contribution in [-0.4, -0.2) is 53.4 Å². The van der Waals surface area contributed by atoms with E-state index in [1.807, 2.05) is 21.6 Å². The SMILES string of the molecule is CCC1(C2=C3OC(=O)C4=C3[C@@H](CC2)C[C@H]2[C@@H]3CC[C@@]5(C6=C3[C@@H](CN3C(=O)C=CC3=O)C3=CCNC(=C3)NCSSC[C@H](C3CCCCC3)C/C=C/5OC6=O)[C@@H]42)CCCC1. The number of dihydropyridines is 1. The van der Waals surface area contributed by atoms with Crippen molar-refractivity contribution in [3.63, 3.8) is 0 Å². The lowest BCUT2D eigenvalue weighted by molar-refractivity contribution is -0.138. The number of hydrogen-bond acceptors (Lipinski definition) is 10. The number of imide groups is 1. The topological polar surface area (TPSA) is 114 Å². The number of esters is 2. The Balaban J connectivity index is 1.12. The van der Waals surface area contributed by atoms with Crippen molar-refractivity contribution in [3.8, 4) is 0 Å². The number of rotatable bonds is 5. The molecule has 59 heavy (non-hydrogen) atoms. The third-order valence-corrected chi connectivity index (χ3v) is 19.3. The molecular weight excluding hydrogens is 779 g/mol. The summed E-state index contributed by atoms with van der Waals surface area (Å²) in [6, 6.07) is 0. The maximum atomic E-state index is 15.0. The van der Waals surface area contributed by atoms with Crippen LogP contribution in [0.25, 0.3) is 0 Å². The normalized spacial score (nSPS) is 37.4. The lowest BCUT2D eigenvalue weighted by Gasteiger charge is -2.58. The number of nitrogens with zero attached hydrogens (tertiary/aromatic N) is 1. The van der Waals surface area contributed by atoms with Crippen LogP contribution in [0.5, 0.6) is 0 Å². The second kappa shape index (κ2) is 14.9. The second-order valence-electron chi connectivity index (χ2n) is 19.3. The molecule has 11 heteroatoms. The minimum absolute atomic E-state index is 0.0101. The van der Waals surface area contributed by atoms with Crippen LogP contribution in [0.2, 0.25) is 0 Å². The summed E-state index contributed by atoms with van der Waals surface area (Å²) in [4.78, 5) is 57.9. The van der Waals surface area contributed by atoms with Gasteiger partial charge in [-0.05, 0) is 122 Å². The average molecular weight is 836 g/mol. The first-order valence-corrected chi connectivity index (χ1v) is 25.3. The molecule has 312 valence electrons. The molecule has 4 fully saturated rings. The first-order chi connectivity index (χ1) is 28.8. The molecule has 2 amide bonds. The summed E-state index contributed by atoms with van der Waals surface area (Å²) in [6.07, 6.45) is 26.8. The molecule has 9 nitrogen and oxygen atoms in total. The number of fused-ring (bicyclic) bond motifs is 2. The molecule has 12 rings (SSSR count). The minimum Gasteiger partial charge on any atom is -0.427 e. The summed E-state index contributed by atoms with van der Waals surface area (Å²) in [7, 11) is 3.76. The Morgan fingerprint density at radius 1 is 0.847 bits per heavy atom. The van der Waals surface area contributed by atoms with Gasteiger partial charge < -0.3 is 20.1 Å². The van der Waals surface area contributed by atoms with Gasteiger partial charge in [0.1, 0.15) is 11.5 Å². The fraction of sp³-hybridized carbons (Fsp3) is 0.625. The van der Waals surface area contributed by atoms with E-state index in [2.05, 4.69) is 35.8 Å². The van der Waals surface area contributed by atoms with E-state index in [4.69, 9.17) is 9.47 Å². The van der Waals surface area contributed by atoms with Gasteiger partial charge in [0.05, 0.1) is 22.7 Å². The van der Waals surface area contributed by atoms with Gasteiger partial charge in [0.15, 0.2) is 0 Å². The van der Waals surface area contributed by atoms with Gasteiger partial charge >= 0.3 is 11.9 Å². The van der Waals surface area contributed by atoms with Crippen molar-refractivity contribution in [2.24, 2.45) is 52.3 Å². The lowest BCUT2D eigenvalue weighted by Crippen LogP contribution is -2.55. The standard InChI is InChI=1S/C48H57N3O6S2/c1-2-47(18-6-7-19-47)34-12-10-29-22-32-31-16-20-48(42(32)41-39(29)44(34)57-45(41)54)35-13-11-30(27-8-4-3-5-9-27)25-58-59-26-50-36-23-28(17-21-49-36)33(40(31)43(48)46(55)56-35)24-51-37(52)14-15-38(51)53/h13-15,17,23,27,29-33,42,49-50H,2-12,16,18-22,24-26H2,1H3/b35-13-/t29-,30+,31-,32-,33-,42+,48-/m0/s1. The van der Waals surface area contributed by atoms with Crippen molar-refractivity contribution in [2.75, 3.05) is 24.7 Å². The molecule has 7 aliphatic carbocycles. The van der Waals surface area contributed by atoms with Crippen LogP contribution in [-0.2, 0) is 28.7 Å². The summed E-state index contributed by atoms with van der Waals surface area (Å²) >= 11 is 0. The van der Waals surface area contributed by atoms with Crippen molar-refractivity contribution < 1.29 is 28.7 Å².